The lowest BCUT2D eigenvalue weighted by molar-refractivity contribution is -0.394. The molecular formula is C30H24Cl2N4O7. The number of allylic oxidation sites excluding steroid dienone is 1. The van der Waals surface area contributed by atoms with E-state index >= 15 is 0 Å². The third-order valence-corrected chi connectivity index (χ3v) is 7.81. The van der Waals surface area contributed by atoms with Crippen LogP contribution in [0.4, 0.5) is 11.4 Å². The van der Waals surface area contributed by atoms with Crippen molar-refractivity contribution in [2.75, 3.05) is 6.61 Å². The Labute approximate surface area is 255 Å². The molecule has 43 heavy (non-hydrogen) atoms. The third kappa shape index (κ3) is 6.73. The molecule has 1 amide bonds. The van der Waals surface area contributed by atoms with Crippen LogP contribution in [0.25, 0.3) is 6.08 Å². The fraction of sp³-hybridized carbons (Fsp3) is 0.233. The van der Waals surface area contributed by atoms with Crippen molar-refractivity contribution >= 4 is 58.2 Å². The molecule has 0 saturated heterocycles. The largest absolute Gasteiger partial charge is 0.455 e. The lowest BCUT2D eigenvalue weighted by Gasteiger charge is -2.29. The van der Waals surface area contributed by atoms with Crippen LogP contribution in [0.5, 0.6) is 0 Å². The summed E-state index contributed by atoms with van der Waals surface area (Å²) in [6.45, 7) is -0.652. The smallest absolute Gasteiger partial charge is 0.311 e. The molecule has 1 aliphatic carbocycles. The number of benzene rings is 3. The van der Waals surface area contributed by atoms with E-state index in [0.29, 0.717) is 10.0 Å². The summed E-state index contributed by atoms with van der Waals surface area (Å²) >= 11 is 12.3. The van der Waals surface area contributed by atoms with Gasteiger partial charge in [-0.1, -0.05) is 47.5 Å². The van der Waals surface area contributed by atoms with Crippen molar-refractivity contribution in [3.63, 3.8) is 0 Å². The van der Waals surface area contributed by atoms with Gasteiger partial charge in [-0.05, 0) is 72.4 Å². The molecule has 0 spiro atoms. The number of carbonyl (C=O) groups is 2. The summed E-state index contributed by atoms with van der Waals surface area (Å²) in [7, 11) is 0. The maximum absolute atomic E-state index is 13.5. The molecule has 220 valence electrons. The van der Waals surface area contributed by atoms with Crippen LogP contribution < -0.4 is 0 Å². The zero-order chi connectivity index (χ0) is 30.7. The van der Waals surface area contributed by atoms with Gasteiger partial charge in [-0.25, -0.2) is 5.01 Å². The van der Waals surface area contributed by atoms with Gasteiger partial charge in [0.05, 0.1) is 34.1 Å². The van der Waals surface area contributed by atoms with Crippen molar-refractivity contribution in [2.24, 2.45) is 11.0 Å². The number of fused-ring (bicyclic) bond motifs is 1. The van der Waals surface area contributed by atoms with Crippen LogP contribution >= 0.6 is 23.2 Å². The summed E-state index contributed by atoms with van der Waals surface area (Å²) in [5.41, 5.74) is 2.34. The first-order chi connectivity index (χ1) is 20.6. The summed E-state index contributed by atoms with van der Waals surface area (Å²) in [5, 5.41) is 29.6. The normalized spacial score (nSPS) is 18.6. The van der Waals surface area contributed by atoms with Crippen LogP contribution in [-0.4, -0.2) is 39.1 Å². The zero-order valence-corrected chi connectivity index (χ0v) is 24.0. The molecule has 2 aliphatic rings. The van der Waals surface area contributed by atoms with Gasteiger partial charge in [0.25, 0.3) is 17.3 Å². The molecular weight excluding hydrogens is 599 g/mol. The first kappa shape index (κ1) is 29.9. The van der Waals surface area contributed by atoms with E-state index in [0.717, 1.165) is 59.9 Å². The monoisotopic (exact) mass is 622 g/mol. The molecule has 1 fully saturated rings. The van der Waals surface area contributed by atoms with Gasteiger partial charge in [-0.3, -0.25) is 29.8 Å². The average Bonchev–Trinajstić information content (AvgIpc) is 3.37. The molecule has 0 bridgehead atoms. The van der Waals surface area contributed by atoms with E-state index in [1.807, 2.05) is 36.4 Å². The molecule has 1 aliphatic heterocycles. The van der Waals surface area contributed by atoms with E-state index < -0.39 is 52.2 Å². The van der Waals surface area contributed by atoms with E-state index in [9.17, 15) is 29.8 Å². The minimum absolute atomic E-state index is 0.0738. The molecule has 5 rings (SSSR count). The summed E-state index contributed by atoms with van der Waals surface area (Å²) < 4.78 is 5.22. The van der Waals surface area contributed by atoms with Crippen LogP contribution in [-0.2, 0) is 20.7 Å². The topological polar surface area (TPSA) is 145 Å². The second kappa shape index (κ2) is 12.7. The second-order valence-corrected chi connectivity index (χ2v) is 11.0. The lowest BCUT2D eigenvalue weighted by Crippen LogP contribution is -2.34. The predicted molar refractivity (Wildman–Crippen MR) is 160 cm³/mol. The van der Waals surface area contributed by atoms with Crippen molar-refractivity contribution in [3.05, 3.63) is 119 Å². The Morgan fingerprint density at radius 3 is 2.47 bits per heavy atom. The van der Waals surface area contributed by atoms with Crippen molar-refractivity contribution in [2.45, 2.75) is 31.7 Å². The predicted octanol–water partition coefficient (Wildman–Crippen LogP) is 6.72. The molecule has 11 nitrogen and oxygen atoms in total. The number of hydrazone groups is 1. The maximum atomic E-state index is 13.5. The maximum Gasteiger partial charge on any atom is 0.311 e. The summed E-state index contributed by atoms with van der Waals surface area (Å²) in [6, 6.07) is 17.1. The molecule has 0 aromatic heterocycles. The fourth-order valence-corrected chi connectivity index (χ4v) is 5.72. The Morgan fingerprint density at radius 1 is 1.00 bits per heavy atom. The van der Waals surface area contributed by atoms with Crippen molar-refractivity contribution in [1.29, 1.82) is 0 Å². The van der Waals surface area contributed by atoms with E-state index in [-0.39, 0.29) is 11.5 Å². The van der Waals surface area contributed by atoms with Crippen LogP contribution in [0.15, 0.2) is 77.4 Å². The zero-order valence-electron chi connectivity index (χ0n) is 22.5. The van der Waals surface area contributed by atoms with Crippen LogP contribution in [0, 0.1) is 26.1 Å². The Hall–Kier alpha value is -4.61. The molecule has 1 heterocycles. The summed E-state index contributed by atoms with van der Waals surface area (Å²) in [4.78, 5) is 47.0. The number of non-ortho nitro benzene ring substituents is 1. The molecule has 0 radical (unpaired) electrons. The van der Waals surface area contributed by atoms with E-state index in [2.05, 4.69) is 0 Å². The van der Waals surface area contributed by atoms with Crippen LogP contribution in [0.3, 0.4) is 0 Å². The number of rotatable bonds is 8. The second-order valence-electron chi connectivity index (χ2n) is 10.1. The van der Waals surface area contributed by atoms with Gasteiger partial charge < -0.3 is 4.74 Å². The first-order valence-electron chi connectivity index (χ1n) is 13.3. The first-order valence-corrected chi connectivity index (χ1v) is 14.1. The number of ether oxygens (including phenoxy) is 1. The van der Waals surface area contributed by atoms with Crippen molar-refractivity contribution in [3.8, 4) is 0 Å². The van der Waals surface area contributed by atoms with E-state index in [1.54, 1.807) is 18.2 Å². The molecule has 2 unspecified atom stereocenters. The number of nitro benzene ring substituents is 2. The molecule has 3 aromatic carbocycles. The highest BCUT2D eigenvalue weighted by Gasteiger charge is 2.44. The fourth-order valence-electron chi connectivity index (χ4n) is 5.40. The van der Waals surface area contributed by atoms with Gasteiger partial charge in [0, 0.05) is 27.6 Å². The Kier molecular flexibility index (Phi) is 8.84. The van der Waals surface area contributed by atoms with Gasteiger partial charge in [0.1, 0.15) is 0 Å². The van der Waals surface area contributed by atoms with E-state index in [1.165, 1.54) is 5.01 Å². The highest BCUT2D eigenvalue weighted by molar-refractivity contribution is 6.31. The summed E-state index contributed by atoms with van der Waals surface area (Å²) in [5.74, 6) is -1.59. The molecule has 1 saturated carbocycles. The minimum atomic E-state index is -0.904. The minimum Gasteiger partial charge on any atom is -0.455 e. The molecule has 3 aromatic rings. The quantitative estimate of drug-likeness (QED) is 0.154. The summed E-state index contributed by atoms with van der Waals surface area (Å²) in [6.07, 6.45) is 3.89. The number of carbonyl (C=O) groups excluding carboxylic acids is 2. The third-order valence-electron chi connectivity index (χ3n) is 7.33. The average molecular weight is 623 g/mol. The number of nitrogens with zero attached hydrogens (tertiary/aromatic N) is 4. The van der Waals surface area contributed by atoms with Gasteiger partial charge in [0.15, 0.2) is 6.61 Å². The highest BCUT2D eigenvalue weighted by Crippen LogP contribution is 2.44. The SMILES string of the molecule is O=C(Cc1ccc([N+](=O)[O-])cc1[N+](=O)[O-])OCC(=O)N1N=C2C(=Cc3cccc(Cl)c3)CCCC2C1c1ccc(Cl)cc1. The van der Waals surface area contributed by atoms with Gasteiger partial charge in [-0.15, -0.1) is 0 Å². The highest BCUT2D eigenvalue weighted by atomic mass is 35.5. The number of nitro groups is 2. The Morgan fingerprint density at radius 2 is 1.77 bits per heavy atom. The number of amides is 1. The van der Waals surface area contributed by atoms with Crippen LogP contribution in [0.1, 0.15) is 42.0 Å². The Balaban J connectivity index is 1.38. The number of halogens is 2. The molecule has 13 heteroatoms. The Bertz CT molecular complexity index is 1670. The number of esters is 1. The van der Waals surface area contributed by atoms with Gasteiger partial charge >= 0.3 is 5.97 Å². The standard InChI is InChI=1S/C30H24Cl2N4O7/c31-22-10-7-19(8-11-22)30-25-6-2-4-21(13-18-3-1-5-23(32)14-18)29(25)33-34(30)27(37)17-43-28(38)15-20-9-12-24(35(39)40)16-26(20)36(41)42/h1,3,5,7-14,16,25,30H,2,4,6,15,17H2. The van der Waals surface area contributed by atoms with Crippen LogP contribution in [0.2, 0.25) is 10.0 Å². The van der Waals surface area contributed by atoms with E-state index in [4.69, 9.17) is 33.0 Å². The van der Waals surface area contributed by atoms with Gasteiger partial charge in [0.2, 0.25) is 0 Å². The number of hydrogen-bond acceptors (Lipinski definition) is 8. The molecule has 2 atom stereocenters. The van der Waals surface area contributed by atoms with Crippen molar-refractivity contribution < 1.29 is 24.2 Å². The van der Waals surface area contributed by atoms with Gasteiger partial charge in [-0.2, -0.15) is 5.10 Å². The number of hydrogen-bond donors (Lipinski definition) is 0. The molecule has 0 N–H and O–H groups in total. The van der Waals surface area contributed by atoms with Crippen molar-refractivity contribution in [1.82, 2.24) is 5.01 Å². The lowest BCUT2D eigenvalue weighted by atomic mass is 9.77.